The number of fused-ring (bicyclic) bond motifs is 8. The number of thioether (sulfide) groups is 3. The van der Waals surface area contributed by atoms with Crippen LogP contribution in [0.3, 0.4) is 0 Å². The van der Waals surface area contributed by atoms with Gasteiger partial charge in [-0.05, 0) is 96.8 Å². The van der Waals surface area contributed by atoms with E-state index in [0.29, 0.717) is 69.8 Å². The van der Waals surface area contributed by atoms with Gasteiger partial charge in [0.1, 0.15) is 90.3 Å². The Kier molecular flexibility index (Phi) is 43.5. The summed E-state index contributed by atoms with van der Waals surface area (Å²) in [6.07, 6.45) is -8.97. The molecule has 0 aliphatic carbocycles. The van der Waals surface area contributed by atoms with Crippen LogP contribution >= 0.6 is 35.3 Å². The minimum Gasteiger partial charge on any atom is -0.508 e. The molecule has 15 atom stereocenters. The van der Waals surface area contributed by atoms with Crippen molar-refractivity contribution in [3.8, 4) is 5.75 Å². The number of sulfone groups is 3. The third-order valence-electron chi connectivity index (χ3n) is 22.0. The van der Waals surface area contributed by atoms with Crippen LogP contribution in [0.25, 0.3) is 10.8 Å². The molecule has 48 nitrogen and oxygen atoms in total. The Morgan fingerprint density at radius 1 is 0.413 bits per heavy atom. The lowest BCUT2D eigenvalue weighted by atomic mass is 9.85. The Bertz CT molecular complexity index is 5950. The van der Waals surface area contributed by atoms with Gasteiger partial charge in [0, 0.05) is 66.6 Å². The molecular weight excluding hydrogens is 2000 g/mol. The lowest BCUT2D eigenvalue weighted by molar-refractivity contribution is -0.142. The fraction of sp³-hybridized carbons (Fsp3) is 0.461. The number of amides is 16. The first kappa shape index (κ1) is 116. The van der Waals surface area contributed by atoms with Crippen molar-refractivity contribution in [2.24, 2.45) is 22.6 Å². The van der Waals surface area contributed by atoms with Crippen molar-refractivity contribution in [1.82, 2.24) is 74.4 Å². The average molecular weight is 2110 g/mol. The number of carboxylic acids is 4. The topological polar surface area (TPSA) is 791 Å². The second kappa shape index (κ2) is 53.5. The zero-order chi connectivity index (χ0) is 106. The van der Waals surface area contributed by atoms with Gasteiger partial charge in [-0.25, -0.2) is 25.3 Å². The number of hydrogen-bond acceptors (Lipinski definition) is 31. The largest absolute Gasteiger partial charge is 0.508 e. The van der Waals surface area contributed by atoms with E-state index < -0.39 is 375 Å². The van der Waals surface area contributed by atoms with Crippen molar-refractivity contribution in [1.29, 1.82) is 0 Å². The Labute approximate surface area is 833 Å². The van der Waals surface area contributed by atoms with Crippen molar-refractivity contribution < 1.29 is 147 Å². The molecule has 16 amide bonds. The molecule has 2 heterocycles. The SMILES string of the molecule is C[C@H](N)C(=O)N[C@H]1CSCCS(=O)(=O)c2cc3cc(c2)S(=O)(=O)CCSC[C@H](NC(=O)[C@@H](C)NC(=O)[C@H](Cc2cccc4ccccc24)NC(=O)[C@H](CCC(=O)O)NC(=O)[C@H](CC(N)=O)NC(=O)[C@@H](C)NC1=O)C(=O)N[C@@H](CCC(=O)O)C(=O)N[C@@H](CC(=O)O)C(=O)N[C@@H](Cc1ccccc1)C(=O)N[C@@H](Cc1ccc(O)cc1)C(=O)N[C@@H](CC(=O)O)C(=O)N[C@@H](C(C)(C)C)C(=O)N[C@H](C(N)=O)CSCCS3(=O)=O. The van der Waals surface area contributed by atoms with Gasteiger partial charge in [-0.1, -0.05) is 106 Å². The average Bonchev–Trinajstić information content (AvgIpc) is 0.773. The molecule has 0 unspecified atom stereocenters. The molecule has 0 radical (unpaired) electrons. The summed E-state index contributed by atoms with van der Waals surface area (Å²) >= 11 is 1.78. The van der Waals surface area contributed by atoms with Crippen molar-refractivity contribution in [3.63, 3.8) is 0 Å². The van der Waals surface area contributed by atoms with E-state index in [2.05, 4.69) is 74.4 Å². The predicted octanol–water partition coefficient (Wildman–Crippen LogP) is -4.92. The van der Waals surface area contributed by atoms with E-state index in [-0.39, 0.29) is 16.9 Å². The van der Waals surface area contributed by atoms with Crippen LogP contribution in [-0.2, 0) is 145 Å². The smallest absolute Gasteiger partial charge is 0.305 e. The predicted molar refractivity (Wildman–Crippen MR) is 517 cm³/mol. The van der Waals surface area contributed by atoms with Crippen molar-refractivity contribution >= 4 is 194 Å². The van der Waals surface area contributed by atoms with E-state index in [1.54, 1.807) is 42.5 Å². The number of aromatic hydroxyl groups is 1. The van der Waals surface area contributed by atoms with Crippen LogP contribution in [0, 0.1) is 5.41 Å². The summed E-state index contributed by atoms with van der Waals surface area (Å²) in [5.41, 5.74) is 16.5. The monoisotopic (exact) mass is 2110 g/mol. The first-order valence-electron chi connectivity index (χ1n) is 44.3. The number of carbonyl (C=O) groups excluding carboxylic acids is 16. The molecule has 0 aromatic heterocycles. The number of benzene rings is 5. The Morgan fingerprint density at radius 3 is 1.27 bits per heavy atom. The van der Waals surface area contributed by atoms with E-state index in [4.69, 9.17) is 17.2 Å². The number of nitrogens with one attached hydrogen (secondary N) is 14. The van der Waals surface area contributed by atoms with Crippen LogP contribution in [0.5, 0.6) is 5.75 Å². The minimum atomic E-state index is -5.05. The lowest BCUT2D eigenvalue weighted by Crippen LogP contribution is -2.62. The molecule has 0 spiro atoms. The van der Waals surface area contributed by atoms with Crippen LogP contribution < -0.4 is 91.6 Å². The number of phenols is 1. The molecule has 5 aromatic rings. The summed E-state index contributed by atoms with van der Waals surface area (Å²) in [4.78, 5) is 278. The van der Waals surface area contributed by atoms with Crippen molar-refractivity contribution in [3.05, 3.63) is 132 Å². The fourth-order valence-corrected chi connectivity index (χ4v) is 22.9. The molecule has 0 saturated heterocycles. The van der Waals surface area contributed by atoms with Crippen LogP contribution in [0.2, 0.25) is 0 Å². The molecule has 0 fully saturated rings. The summed E-state index contributed by atoms with van der Waals surface area (Å²) < 4.78 is 89.0. The number of carbonyl (C=O) groups is 20. The minimum absolute atomic E-state index is 0.166. The Hall–Kier alpha value is -13.6. The van der Waals surface area contributed by atoms with Crippen molar-refractivity contribution in [2.45, 2.75) is 211 Å². The van der Waals surface area contributed by atoms with Crippen molar-refractivity contribution in [2.75, 3.05) is 51.8 Å². The molecule has 778 valence electrons. The highest BCUT2D eigenvalue weighted by Gasteiger charge is 2.42. The van der Waals surface area contributed by atoms with Crippen LogP contribution in [0.4, 0.5) is 0 Å². The normalized spacial score (nSPS) is 24.6. The van der Waals surface area contributed by atoms with Crippen LogP contribution in [-0.4, -0.2) is 312 Å². The van der Waals surface area contributed by atoms with Gasteiger partial charge in [-0.2, -0.15) is 35.3 Å². The zero-order valence-electron chi connectivity index (χ0n) is 78.1. The highest BCUT2D eigenvalue weighted by molar-refractivity contribution is 8.01. The summed E-state index contributed by atoms with van der Waals surface area (Å²) in [6.45, 7) is 7.54. The number of aliphatic carboxylic acids is 4. The van der Waals surface area contributed by atoms with Gasteiger partial charge in [-0.3, -0.25) is 95.9 Å². The molecule has 54 heteroatoms. The quantitative estimate of drug-likeness (QED) is 0.0327. The van der Waals surface area contributed by atoms with E-state index in [1.807, 2.05) is 0 Å². The fourth-order valence-electron chi connectivity index (χ4n) is 14.1. The molecule has 0 saturated carbocycles. The second-order valence-electron chi connectivity index (χ2n) is 34.6. The number of primary amides is 2. The highest BCUT2D eigenvalue weighted by atomic mass is 32.2. The molecule has 4 bridgehead atoms. The second-order valence-corrected chi connectivity index (χ2v) is 44.4. The first-order valence-corrected chi connectivity index (χ1v) is 52.7. The Morgan fingerprint density at radius 2 is 0.797 bits per heavy atom. The number of rotatable bonds is 21. The van der Waals surface area contributed by atoms with E-state index in [9.17, 15) is 132 Å². The number of hydrogen-bond donors (Lipinski definition) is 22. The molecule has 7 rings (SSSR count). The molecular formula is C89H115N17O31S6. The summed E-state index contributed by atoms with van der Waals surface area (Å²) in [5, 5.41) is 84.5. The number of nitrogens with two attached hydrogens (primary N) is 3. The zero-order valence-corrected chi connectivity index (χ0v) is 83.0. The lowest BCUT2D eigenvalue weighted by Gasteiger charge is -2.33. The maximum absolute atomic E-state index is 15.2. The van der Waals surface area contributed by atoms with Gasteiger partial charge in [0.2, 0.25) is 94.5 Å². The van der Waals surface area contributed by atoms with Gasteiger partial charge in [-0.15, -0.1) is 0 Å². The van der Waals surface area contributed by atoms with E-state index in [0.717, 1.165) is 13.8 Å². The maximum Gasteiger partial charge on any atom is 0.305 e. The number of carboxylic acid groups (broad SMARTS) is 4. The van der Waals surface area contributed by atoms with Gasteiger partial charge in [0.25, 0.3) is 0 Å². The molecule has 25 N–H and O–H groups in total. The van der Waals surface area contributed by atoms with Crippen LogP contribution in [0.15, 0.2) is 130 Å². The highest BCUT2D eigenvalue weighted by Crippen LogP contribution is 2.29. The molecule has 5 aromatic carbocycles. The first-order chi connectivity index (χ1) is 67.0. The number of phenolic OH excluding ortho intramolecular Hbond substituents is 1. The Balaban J connectivity index is 1.42. The molecule has 2 aliphatic heterocycles. The van der Waals surface area contributed by atoms with Gasteiger partial charge in [0.05, 0.1) is 57.2 Å². The summed E-state index contributed by atoms with van der Waals surface area (Å²) in [7, 11) is -15.0. The van der Waals surface area contributed by atoms with Crippen LogP contribution in [0.1, 0.15) is 103 Å². The maximum atomic E-state index is 15.2. The van der Waals surface area contributed by atoms with E-state index in [1.165, 1.54) is 82.3 Å². The van der Waals surface area contributed by atoms with Gasteiger partial charge in [0.15, 0.2) is 29.5 Å². The molecule has 2 aliphatic rings. The third kappa shape index (κ3) is 37.0. The molecule has 143 heavy (non-hydrogen) atoms. The third-order valence-corrected chi connectivity index (χ3v) is 31.1. The summed E-state index contributed by atoms with van der Waals surface area (Å²) in [6, 6.07) is -3.27. The standard InChI is InChI=1S/C89H115N17O31S6/c1-45(90)75(118)104-66-43-139-28-31-142(134,135)54-36-53-37-55(38-54)143(136,137)32-29-140-44-67(105-77(120)47(3)93-80(123)61(35-51-17-12-16-50-15-10-11-18-56(50)51)100-78(121)57(23-25-69(109)110)95-83(126)62(39-68(91)108)97-76(119)46(2)94-86(66)129)87(130)96-58(24-26-70(111)112)79(122)101-63(40-71(113)114)84(127)99-59(33-48-13-8-7-9-14-48)81(124)98-60(34-49-19-21-52(107)22-20-49)82(125)102-64(41-72(115)116)85(128)106-73(89(4,5)6)88(131)103-65(74(92)117)42-138-27-30-141(53,132)133/h7-22,36-38,45-47,57-67,73,107H,23-35,39-44,90H2,1-6H3,(H2,91,108)(H2,92,117)(H,93,123)(H,94,129)(H,95,126)(H,96,130)(H,97,119)(H,98,124)(H,99,127)(H,100,121)(H,101,122)(H,102,125)(H,103,131)(H,104,118)(H,105,120)(H,106,128)(H,109,110)(H,111,112)(H,113,114)(H,115,116)/t45-,46+,47+,57-,58-,59-,60-,61-,62-,63-,64-,65-,66-,67-,73+/m0/s1. The van der Waals surface area contributed by atoms with E-state index >= 15 is 14.4 Å². The summed E-state index contributed by atoms with van der Waals surface area (Å²) in [5.74, 6) is -35.0. The van der Waals surface area contributed by atoms with Gasteiger partial charge >= 0.3 is 23.9 Å². The van der Waals surface area contributed by atoms with Gasteiger partial charge < -0.3 is 117 Å².